The van der Waals surface area contributed by atoms with E-state index in [0.29, 0.717) is 16.5 Å². The number of carbonyl (C=O) groups excluding carboxylic acids is 2. The van der Waals surface area contributed by atoms with Crippen LogP contribution in [0.1, 0.15) is 6.42 Å². The lowest BCUT2D eigenvalue weighted by Crippen LogP contribution is -2.38. The molecule has 0 bridgehead atoms. The molecular formula is C14H14ClF3N2O3. The molecule has 23 heavy (non-hydrogen) atoms. The molecule has 1 aromatic carbocycles. The van der Waals surface area contributed by atoms with E-state index in [1.165, 1.54) is 18.1 Å². The van der Waals surface area contributed by atoms with Gasteiger partial charge in [0, 0.05) is 18.0 Å². The standard InChI is InChI=1S/C14H14ClF3N2O3/c1-23-11-3-2-9(15)5-10(11)20-6-8(4-12(20)21)13(22)19-7-14(16,17)18/h2-3,5,8H,4,6-7H2,1H3,(H,19,22). The fourth-order valence-corrected chi connectivity index (χ4v) is 2.49. The lowest BCUT2D eigenvalue weighted by molar-refractivity contribution is -0.140. The molecule has 1 saturated heterocycles. The highest BCUT2D eigenvalue weighted by atomic mass is 35.5. The quantitative estimate of drug-likeness (QED) is 0.907. The van der Waals surface area contributed by atoms with Crippen molar-refractivity contribution in [3.8, 4) is 5.75 Å². The maximum atomic E-state index is 12.1. The van der Waals surface area contributed by atoms with Gasteiger partial charge in [0.2, 0.25) is 11.8 Å². The Hall–Kier alpha value is -1.96. The van der Waals surface area contributed by atoms with Gasteiger partial charge in [-0.2, -0.15) is 13.2 Å². The second-order valence-corrected chi connectivity index (χ2v) is 5.49. The average molecular weight is 351 g/mol. The molecule has 2 rings (SSSR count). The Morgan fingerprint density at radius 3 is 2.78 bits per heavy atom. The van der Waals surface area contributed by atoms with Crippen LogP contribution in [0.4, 0.5) is 18.9 Å². The van der Waals surface area contributed by atoms with Crippen LogP contribution in [-0.4, -0.2) is 38.2 Å². The Morgan fingerprint density at radius 1 is 1.48 bits per heavy atom. The average Bonchev–Trinajstić information content (AvgIpc) is 2.86. The van der Waals surface area contributed by atoms with Gasteiger partial charge in [0.1, 0.15) is 12.3 Å². The molecule has 126 valence electrons. The van der Waals surface area contributed by atoms with Crippen molar-refractivity contribution < 1.29 is 27.5 Å². The zero-order chi connectivity index (χ0) is 17.2. The number of halogens is 4. The minimum absolute atomic E-state index is 0.0285. The van der Waals surface area contributed by atoms with Crippen molar-refractivity contribution in [2.75, 3.05) is 25.1 Å². The van der Waals surface area contributed by atoms with Crippen LogP contribution in [0, 0.1) is 5.92 Å². The van der Waals surface area contributed by atoms with Gasteiger partial charge >= 0.3 is 6.18 Å². The van der Waals surface area contributed by atoms with Crippen molar-refractivity contribution in [2.45, 2.75) is 12.6 Å². The van der Waals surface area contributed by atoms with Gasteiger partial charge in [-0.05, 0) is 18.2 Å². The van der Waals surface area contributed by atoms with E-state index in [-0.39, 0.29) is 18.9 Å². The monoisotopic (exact) mass is 350 g/mol. The molecule has 2 amide bonds. The van der Waals surface area contributed by atoms with Gasteiger partial charge in [-0.15, -0.1) is 0 Å². The van der Waals surface area contributed by atoms with Crippen LogP contribution in [0.15, 0.2) is 18.2 Å². The Morgan fingerprint density at radius 2 is 2.17 bits per heavy atom. The maximum absolute atomic E-state index is 12.1. The van der Waals surface area contributed by atoms with E-state index in [4.69, 9.17) is 16.3 Å². The molecule has 1 fully saturated rings. The van der Waals surface area contributed by atoms with Crippen LogP contribution in [0.5, 0.6) is 5.75 Å². The van der Waals surface area contributed by atoms with Gasteiger partial charge in [0.15, 0.2) is 0 Å². The van der Waals surface area contributed by atoms with E-state index >= 15 is 0 Å². The largest absolute Gasteiger partial charge is 0.495 e. The first-order chi connectivity index (χ1) is 10.7. The van der Waals surface area contributed by atoms with Crippen LogP contribution in [0.25, 0.3) is 0 Å². The number of ether oxygens (including phenoxy) is 1. The summed E-state index contributed by atoms with van der Waals surface area (Å²) in [5.74, 6) is -1.65. The number of rotatable bonds is 4. The van der Waals surface area contributed by atoms with E-state index in [9.17, 15) is 22.8 Å². The van der Waals surface area contributed by atoms with Crippen LogP contribution in [0.3, 0.4) is 0 Å². The SMILES string of the molecule is COc1ccc(Cl)cc1N1CC(C(=O)NCC(F)(F)F)CC1=O. The number of alkyl halides is 3. The summed E-state index contributed by atoms with van der Waals surface area (Å²) < 4.78 is 41.6. The van der Waals surface area contributed by atoms with Crippen molar-refractivity contribution in [1.82, 2.24) is 5.32 Å². The number of anilines is 1. The second-order valence-electron chi connectivity index (χ2n) is 5.05. The lowest BCUT2D eigenvalue weighted by Gasteiger charge is -2.20. The third-order valence-corrected chi connectivity index (χ3v) is 3.63. The summed E-state index contributed by atoms with van der Waals surface area (Å²) in [6.45, 7) is -1.45. The summed E-state index contributed by atoms with van der Waals surface area (Å²) in [6.07, 6.45) is -4.66. The summed E-state index contributed by atoms with van der Waals surface area (Å²) in [7, 11) is 1.42. The van der Waals surface area contributed by atoms with Crippen molar-refractivity contribution in [2.24, 2.45) is 5.92 Å². The molecule has 0 aliphatic carbocycles. The highest BCUT2D eigenvalue weighted by molar-refractivity contribution is 6.31. The lowest BCUT2D eigenvalue weighted by atomic mass is 10.1. The highest BCUT2D eigenvalue weighted by Crippen LogP contribution is 2.35. The number of amides is 2. The molecule has 1 unspecified atom stereocenters. The highest BCUT2D eigenvalue weighted by Gasteiger charge is 2.37. The van der Waals surface area contributed by atoms with E-state index in [2.05, 4.69) is 0 Å². The molecule has 1 atom stereocenters. The minimum atomic E-state index is -4.49. The number of methoxy groups -OCH3 is 1. The predicted molar refractivity (Wildman–Crippen MR) is 77.5 cm³/mol. The molecule has 0 radical (unpaired) electrons. The third kappa shape index (κ3) is 4.28. The van der Waals surface area contributed by atoms with Gasteiger partial charge in [0.25, 0.3) is 0 Å². The van der Waals surface area contributed by atoms with Crippen LogP contribution >= 0.6 is 11.6 Å². The van der Waals surface area contributed by atoms with Gasteiger partial charge in [-0.3, -0.25) is 9.59 Å². The topological polar surface area (TPSA) is 58.6 Å². The summed E-state index contributed by atoms with van der Waals surface area (Å²) in [5.41, 5.74) is 0.385. The molecule has 1 aromatic rings. The second kappa shape index (κ2) is 6.66. The molecule has 5 nitrogen and oxygen atoms in total. The normalized spacial score (nSPS) is 18.2. The van der Waals surface area contributed by atoms with Gasteiger partial charge in [-0.25, -0.2) is 0 Å². The molecule has 0 spiro atoms. The zero-order valence-electron chi connectivity index (χ0n) is 12.1. The molecule has 0 aromatic heterocycles. The number of carbonyl (C=O) groups is 2. The van der Waals surface area contributed by atoms with Crippen molar-refractivity contribution >= 4 is 29.1 Å². The molecule has 9 heteroatoms. The summed E-state index contributed by atoms with van der Waals surface area (Å²) in [4.78, 5) is 25.2. The summed E-state index contributed by atoms with van der Waals surface area (Å²) >= 11 is 5.90. The Balaban J connectivity index is 2.11. The van der Waals surface area contributed by atoms with E-state index in [1.54, 1.807) is 17.4 Å². The Labute approximate surface area is 135 Å². The van der Waals surface area contributed by atoms with Crippen LogP contribution in [-0.2, 0) is 9.59 Å². The molecule has 1 heterocycles. The van der Waals surface area contributed by atoms with Crippen molar-refractivity contribution in [3.05, 3.63) is 23.2 Å². The fourth-order valence-electron chi connectivity index (χ4n) is 2.32. The van der Waals surface area contributed by atoms with Gasteiger partial charge < -0.3 is 15.0 Å². The first kappa shape index (κ1) is 17.4. The molecular weight excluding hydrogens is 337 g/mol. The van der Waals surface area contributed by atoms with Gasteiger partial charge in [-0.1, -0.05) is 11.6 Å². The predicted octanol–water partition coefficient (Wildman–Crippen LogP) is 2.38. The van der Waals surface area contributed by atoms with Gasteiger partial charge in [0.05, 0.1) is 18.7 Å². The van der Waals surface area contributed by atoms with E-state index in [0.717, 1.165) is 0 Å². The van der Waals surface area contributed by atoms with E-state index in [1.807, 2.05) is 0 Å². The van der Waals surface area contributed by atoms with Crippen LogP contribution in [0.2, 0.25) is 5.02 Å². The molecule has 1 N–H and O–H groups in total. The van der Waals surface area contributed by atoms with Crippen LogP contribution < -0.4 is 15.0 Å². The first-order valence-corrected chi connectivity index (χ1v) is 7.07. The maximum Gasteiger partial charge on any atom is 0.405 e. The fraction of sp³-hybridized carbons (Fsp3) is 0.429. The minimum Gasteiger partial charge on any atom is -0.495 e. The number of hydrogen-bond donors (Lipinski definition) is 1. The summed E-state index contributed by atoms with van der Waals surface area (Å²) in [6, 6.07) is 4.66. The first-order valence-electron chi connectivity index (χ1n) is 6.69. The molecule has 1 aliphatic heterocycles. The number of nitrogens with one attached hydrogen (secondary N) is 1. The van der Waals surface area contributed by atoms with Crippen molar-refractivity contribution in [3.63, 3.8) is 0 Å². The number of hydrogen-bond acceptors (Lipinski definition) is 3. The summed E-state index contributed by atoms with van der Waals surface area (Å²) in [5, 5.41) is 2.17. The Kier molecular flexibility index (Phi) is 5.03. The van der Waals surface area contributed by atoms with Crippen molar-refractivity contribution in [1.29, 1.82) is 0 Å². The molecule has 1 aliphatic rings. The third-order valence-electron chi connectivity index (χ3n) is 3.39. The number of nitrogens with zero attached hydrogens (tertiary/aromatic N) is 1. The number of benzene rings is 1. The molecule has 0 saturated carbocycles. The Bertz CT molecular complexity index is 622. The smallest absolute Gasteiger partial charge is 0.405 e. The van der Waals surface area contributed by atoms with E-state index < -0.39 is 24.5 Å². The zero-order valence-corrected chi connectivity index (χ0v) is 12.9.